The van der Waals surface area contributed by atoms with Gasteiger partial charge in [0.05, 0.1) is 5.69 Å². The Bertz CT molecular complexity index is 407. The zero-order chi connectivity index (χ0) is 12.3. The van der Waals surface area contributed by atoms with Gasteiger partial charge < -0.3 is 10.6 Å². The Morgan fingerprint density at radius 3 is 2.82 bits per heavy atom. The number of carbonyl (C=O) groups is 1. The summed E-state index contributed by atoms with van der Waals surface area (Å²) in [6.07, 6.45) is 6.42. The van der Waals surface area contributed by atoms with Crippen molar-refractivity contribution >= 4 is 22.9 Å². The van der Waals surface area contributed by atoms with Gasteiger partial charge in [0.15, 0.2) is 0 Å². The molecule has 0 radical (unpaired) electrons. The maximum atomic E-state index is 12.4. The lowest BCUT2D eigenvalue weighted by Crippen LogP contribution is -2.38. The van der Waals surface area contributed by atoms with Gasteiger partial charge in [0.25, 0.3) is 5.91 Å². The number of thiophene rings is 1. The molecule has 0 bridgehead atoms. The van der Waals surface area contributed by atoms with Crippen LogP contribution < -0.4 is 5.73 Å². The summed E-state index contributed by atoms with van der Waals surface area (Å²) in [5.74, 6) is 0.0595. The number of nitrogens with zero attached hydrogens (tertiary/aromatic N) is 1. The lowest BCUT2D eigenvalue weighted by Gasteiger charge is -2.27. The first kappa shape index (κ1) is 12.2. The van der Waals surface area contributed by atoms with Crippen LogP contribution in [0.1, 0.15) is 35.4 Å². The van der Waals surface area contributed by atoms with Gasteiger partial charge in [-0.05, 0) is 24.3 Å². The second-order valence-electron chi connectivity index (χ2n) is 4.39. The third kappa shape index (κ3) is 2.52. The summed E-state index contributed by atoms with van der Waals surface area (Å²) in [6.45, 7) is 4.35. The van der Waals surface area contributed by atoms with Crippen LogP contribution in [-0.4, -0.2) is 23.4 Å². The number of nitrogen functional groups attached to an aromatic ring is 1. The van der Waals surface area contributed by atoms with Gasteiger partial charge in [-0.1, -0.05) is 18.9 Å². The standard InChI is InChI=1S/C13H18N2OS/c1-2-8-15(10-5-3-4-6-10)13(16)12-11(14)7-9-17-12/h2,7,9-10H,1,3-6,8,14H2. The molecule has 1 fully saturated rings. The predicted octanol–water partition coefficient (Wildman–Crippen LogP) is 2.90. The van der Waals surface area contributed by atoms with E-state index in [2.05, 4.69) is 6.58 Å². The number of amides is 1. The van der Waals surface area contributed by atoms with E-state index in [4.69, 9.17) is 5.73 Å². The SMILES string of the molecule is C=CCN(C(=O)c1sccc1N)C1CCCC1. The highest BCUT2D eigenvalue weighted by Gasteiger charge is 2.27. The molecule has 2 N–H and O–H groups in total. The molecule has 1 aliphatic rings. The van der Waals surface area contributed by atoms with Crippen LogP contribution in [0.2, 0.25) is 0 Å². The van der Waals surface area contributed by atoms with Gasteiger partial charge in [-0.25, -0.2) is 0 Å². The largest absolute Gasteiger partial charge is 0.397 e. The molecular formula is C13H18N2OS. The van der Waals surface area contributed by atoms with Crippen molar-refractivity contribution in [3.05, 3.63) is 29.0 Å². The molecule has 0 saturated heterocycles. The molecule has 0 unspecified atom stereocenters. The highest BCUT2D eigenvalue weighted by molar-refractivity contribution is 7.12. The molecular weight excluding hydrogens is 232 g/mol. The molecule has 92 valence electrons. The van der Waals surface area contributed by atoms with Crippen LogP contribution in [0.3, 0.4) is 0 Å². The maximum Gasteiger partial charge on any atom is 0.266 e. The van der Waals surface area contributed by atoms with Crippen molar-refractivity contribution in [2.24, 2.45) is 0 Å². The normalized spacial score (nSPS) is 16.0. The van der Waals surface area contributed by atoms with Crippen LogP contribution in [-0.2, 0) is 0 Å². The van der Waals surface area contributed by atoms with Crippen molar-refractivity contribution in [2.75, 3.05) is 12.3 Å². The second-order valence-corrected chi connectivity index (χ2v) is 5.31. The Morgan fingerprint density at radius 2 is 2.29 bits per heavy atom. The van der Waals surface area contributed by atoms with E-state index in [9.17, 15) is 4.79 Å². The number of anilines is 1. The predicted molar refractivity (Wildman–Crippen MR) is 72.2 cm³/mol. The van der Waals surface area contributed by atoms with E-state index in [0.717, 1.165) is 12.8 Å². The Kier molecular flexibility index (Phi) is 3.84. The van der Waals surface area contributed by atoms with E-state index in [1.807, 2.05) is 10.3 Å². The van der Waals surface area contributed by atoms with Crippen LogP contribution in [0.5, 0.6) is 0 Å². The van der Waals surface area contributed by atoms with E-state index >= 15 is 0 Å². The first-order valence-electron chi connectivity index (χ1n) is 5.99. The van der Waals surface area contributed by atoms with Crippen molar-refractivity contribution in [3.63, 3.8) is 0 Å². The van der Waals surface area contributed by atoms with Crippen molar-refractivity contribution in [2.45, 2.75) is 31.7 Å². The summed E-state index contributed by atoms with van der Waals surface area (Å²) in [5, 5.41) is 1.86. The van der Waals surface area contributed by atoms with Gasteiger partial charge in [0, 0.05) is 12.6 Å². The quantitative estimate of drug-likeness (QED) is 0.835. The highest BCUT2D eigenvalue weighted by Crippen LogP contribution is 2.27. The third-order valence-electron chi connectivity index (χ3n) is 3.24. The van der Waals surface area contributed by atoms with Crippen LogP contribution in [0.4, 0.5) is 5.69 Å². The fourth-order valence-electron chi connectivity index (χ4n) is 2.38. The second kappa shape index (κ2) is 5.36. The van der Waals surface area contributed by atoms with Gasteiger partial charge >= 0.3 is 0 Å². The Morgan fingerprint density at radius 1 is 1.59 bits per heavy atom. The number of rotatable bonds is 4. The summed E-state index contributed by atoms with van der Waals surface area (Å²) in [6, 6.07) is 2.15. The molecule has 1 aliphatic carbocycles. The first-order valence-corrected chi connectivity index (χ1v) is 6.87. The van der Waals surface area contributed by atoms with Gasteiger partial charge in [0.2, 0.25) is 0 Å². The molecule has 2 rings (SSSR count). The lowest BCUT2D eigenvalue weighted by molar-refractivity contribution is 0.0712. The minimum atomic E-state index is 0.0595. The molecule has 1 heterocycles. The van der Waals surface area contributed by atoms with Crippen molar-refractivity contribution in [1.82, 2.24) is 4.90 Å². The van der Waals surface area contributed by atoms with Gasteiger partial charge in [0.1, 0.15) is 4.88 Å². The molecule has 0 aliphatic heterocycles. The van der Waals surface area contributed by atoms with Gasteiger partial charge in [-0.2, -0.15) is 0 Å². The summed E-state index contributed by atoms with van der Waals surface area (Å²) in [5.41, 5.74) is 6.40. The fourth-order valence-corrected chi connectivity index (χ4v) is 3.15. The highest BCUT2D eigenvalue weighted by atomic mass is 32.1. The maximum absolute atomic E-state index is 12.4. The van der Waals surface area contributed by atoms with Crippen molar-refractivity contribution < 1.29 is 4.79 Å². The molecule has 1 saturated carbocycles. The summed E-state index contributed by atoms with van der Waals surface area (Å²) in [7, 11) is 0. The zero-order valence-electron chi connectivity index (χ0n) is 9.89. The average Bonchev–Trinajstić information content (AvgIpc) is 2.95. The molecule has 1 aromatic rings. The molecule has 0 aromatic carbocycles. The molecule has 1 amide bonds. The molecule has 17 heavy (non-hydrogen) atoms. The zero-order valence-corrected chi connectivity index (χ0v) is 10.7. The van der Waals surface area contributed by atoms with E-state index in [1.165, 1.54) is 24.2 Å². The van der Waals surface area contributed by atoms with E-state index in [0.29, 0.717) is 23.2 Å². The Hall–Kier alpha value is -1.29. The van der Waals surface area contributed by atoms with Crippen LogP contribution in [0.25, 0.3) is 0 Å². The third-order valence-corrected chi connectivity index (χ3v) is 4.16. The van der Waals surface area contributed by atoms with Gasteiger partial charge in [-0.15, -0.1) is 17.9 Å². The molecule has 0 atom stereocenters. The number of carbonyl (C=O) groups excluding carboxylic acids is 1. The van der Waals surface area contributed by atoms with Crippen molar-refractivity contribution in [1.29, 1.82) is 0 Å². The molecule has 3 nitrogen and oxygen atoms in total. The van der Waals surface area contributed by atoms with Crippen LogP contribution in [0, 0.1) is 0 Å². The molecule has 1 aromatic heterocycles. The monoisotopic (exact) mass is 250 g/mol. The summed E-state index contributed by atoms with van der Waals surface area (Å²) in [4.78, 5) is 15.0. The first-order chi connectivity index (χ1) is 8.24. The van der Waals surface area contributed by atoms with Crippen molar-refractivity contribution in [3.8, 4) is 0 Å². The molecule has 0 spiro atoms. The van der Waals surface area contributed by atoms with Gasteiger partial charge in [-0.3, -0.25) is 4.79 Å². The van der Waals surface area contributed by atoms with E-state index in [1.54, 1.807) is 12.1 Å². The summed E-state index contributed by atoms with van der Waals surface area (Å²) >= 11 is 1.42. The fraction of sp³-hybridized carbons (Fsp3) is 0.462. The number of hydrogen-bond donors (Lipinski definition) is 1. The molecule has 4 heteroatoms. The number of hydrogen-bond acceptors (Lipinski definition) is 3. The summed E-state index contributed by atoms with van der Waals surface area (Å²) < 4.78 is 0. The van der Waals surface area contributed by atoms with E-state index < -0.39 is 0 Å². The van der Waals surface area contributed by atoms with E-state index in [-0.39, 0.29) is 5.91 Å². The smallest absolute Gasteiger partial charge is 0.266 e. The Labute approximate surface area is 106 Å². The number of nitrogens with two attached hydrogens (primary N) is 1. The lowest BCUT2D eigenvalue weighted by atomic mass is 10.2. The topological polar surface area (TPSA) is 46.3 Å². The Balaban J connectivity index is 2.18. The van der Waals surface area contributed by atoms with Crippen LogP contribution in [0.15, 0.2) is 24.1 Å². The van der Waals surface area contributed by atoms with Crippen LogP contribution >= 0.6 is 11.3 Å². The minimum Gasteiger partial charge on any atom is -0.397 e. The average molecular weight is 250 g/mol. The minimum absolute atomic E-state index is 0.0595.